The number of fused-ring (bicyclic) bond motifs is 1. The van der Waals surface area contributed by atoms with Crippen LogP contribution >= 0.6 is 0 Å². The Hall–Kier alpha value is -1.99. The summed E-state index contributed by atoms with van der Waals surface area (Å²) >= 11 is 0. The third-order valence-electron chi connectivity index (χ3n) is 5.52. The summed E-state index contributed by atoms with van der Waals surface area (Å²) < 4.78 is 23.2. The highest BCUT2D eigenvalue weighted by molar-refractivity contribution is 7.91. The average Bonchev–Trinajstić information content (AvgIpc) is 2.67. The summed E-state index contributed by atoms with van der Waals surface area (Å²) in [4.78, 5) is 21.4. The van der Waals surface area contributed by atoms with E-state index in [0.29, 0.717) is 37.9 Å². The Morgan fingerprint density at radius 1 is 1.00 bits per heavy atom. The van der Waals surface area contributed by atoms with E-state index in [-0.39, 0.29) is 17.4 Å². The molecule has 6 nitrogen and oxygen atoms in total. The summed E-state index contributed by atoms with van der Waals surface area (Å²) in [5, 5.41) is 1.92. The molecule has 3 heterocycles. The zero-order valence-electron chi connectivity index (χ0n) is 14.7. The lowest BCUT2D eigenvalue weighted by Gasteiger charge is -2.40. The lowest BCUT2D eigenvalue weighted by Crippen LogP contribution is -2.51. The predicted octanol–water partition coefficient (Wildman–Crippen LogP) is 1.57. The Labute approximate surface area is 153 Å². The molecule has 0 aliphatic carbocycles. The molecule has 0 unspecified atom stereocenters. The molecular formula is C19H23N3O3S. The van der Waals surface area contributed by atoms with Crippen LogP contribution in [0.25, 0.3) is 10.8 Å². The minimum atomic E-state index is -2.85. The van der Waals surface area contributed by atoms with Gasteiger partial charge in [-0.05, 0) is 24.3 Å². The third kappa shape index (κ3) is 3.46. The number of likely N-dealkylation sites (tertiary alicyclic amines) is 1. The number of piperidine rings is 1. The van der Waals surface area contributed by atoms with Crippen LogP contribution in [0.15, 0.2) is 36.5 Å². The molecular weight excluding hydrogens is 350 g/mol. The van der Waals surface area contributed by atoms with Crippen molar-refractivity contribution in [3.63, 3.8) is 0 Å². The van der Waals surface area contributed by atoms with E-state index in [1.807, 2.05) is 35.2 Å². The lowest BCUT2D eigenvalue weighted by atomic mass is 10.0. The van der Waals surface area contributed by atoms with Crippen molar-refractivity contribution in [3.05, 3.63) is 42.2 Å². The van der Waals surface area contributed by atoms with E-state index in [1.54, 1.807) is 6.20 Å². The molecule has 4 rings (SSSR count). The van der Waals surface area contributed by atoms with Crippen LogP contribution in [0.2, 0.25) is 0 Å². The van der Waals surface area contributed by atoms with Gasteiger partial charge in [-0.3, -0.25) is 14.7 Å². The summed E-state index contributed by atoms with van der Waals surface area (Å²) in [5.41, 5.74) is 0.519. The zero-order chi connectivity index (χ0) is 18.1. The van der Waals surface area contributed by atoms with Gasteiger partial charge in [-0.2, -0.15) is 0 Å². The van der Waals surface area contributed by atoms with Crippen molar-refractivity contribution < 1.29 is 13.2 Å². The summed E-state index contributed by atoms with van der Waals surface area (Å²) in [6.45, 7) is 2.62. The fourth-order valence-corrected chi connectivity index (χ4v) is 5.20. The van der Waals surface area contributed by atoms with Crippen LogP contribution in [0.3, 0.4) is 0 Å². The minimum Gasteiger partial charge on any atom is -0.337 e. The second-order valence-corrected chi connectivity index (χ2v) is 9.40. The van der Waals surface area contributed by atoms with E-state index < -0.39 is 9.84 Å². The summed E-state index contributed by atoms with van der Waals surface area (Å²) in [6.07, 6.45) is 3.46. The maximum atomic E-state index is 13.0. The molecule has 0 spiro atoms. The van der Waals surface area contributed by atoms with Crippen molar-refractivity contribution >= 4 is 26.5 Å². The van der Waals surface area contributed by atoms with E-state index in [9.17, 15) is 13.2 Å². The molecule has 138 valence electrons. The van der Waals surface area contributed by atoms with Crippen molar-refractivity contribution in [1.82, 2.24) is 14.8 Å². The first-order valence-electron chi connectivity index (χ1n) is 9.11. The molecule has 7 heteroatoms. The third-order valence-corrected chi connectivity index (χ3v) is 7.13. The number of nitrogens with zero attached hydrogens (tertiary/aromatic N) is 3. The zero-order valence-corrected chi connectivity index (χ0v) is 15.5. The van der Waals surface area contributed by atoms with Crippen LogP contribution in [0.5, 0.6) is 0 Å². The molecule has 0 bridgehead atoms. The number of amides is 1. The first-order chi connectivity index (χ1) is 12.5. The van der Waals surface area contributed by atoms with Crippen LogP contribution in [0.1, 0.15) is 23.3 Å². The summed E-state index contributed by atoms with van der Waals surface area (Å²) in [7, 11) is -2.85. The minimum absolute atomic E-state index is 0.0125. The molecule has 1 amide bonds. The SMILES string of the molecule is O=C(c1nccc2ccccc12)N1CCC(N2CCS(=O)(=O)CC2)CC1. The van der Waals surface area contributed by atoms with E-state index in [4.69, 9.17) is 0 Å². The predicted molar refractivity (Wildman–Crippen MR) is 101 cm³/mol. The van der Waals surface area contributed by atoms with Gasteiger partial charge in [-0.15, -0.1) is 0 Å². The standard InChI is InChI=1S/C19H23N3O3S/c23-19(18-17-4-2-1-3-15(17)5-8-20-18)22-9-6-16(7-10-22)21-11-13-26(24,25)14-12-21/h1-5,8,16H,6-7,9-14H2. The Bertz CT molecular complexity index is 901. The molecule has 0 radical (unpaired) electrons. The second-order valence-electron chi connectivity index (χ2n) is 7.09. The van der Waals surface area contributed by atoms with Crippen LogP contribution < -0.4 is 0 Å². The maximum Gasteiger partial charge on any atom is 0.273 e. The van der Waals surface area contributed by atoms with Crippen LogP contribution in [0.4, 0.5) is 0 Å². The first-order valence-corrected chi connectivity index (χ1v) is 10.9. The van der Waals surface area contributed by atoms with E-state index >= 15 is 0 Å². The molecule has 2 aromatic rings. The highest BCUT2D eigenvalue weighted by Crippen LogP contribution is 2.22. The van der Waals surface area contributed by atoms with Crippen molar-refractivity contribution in [3.8, 4) is 0 Å². The summed E-state index contributed by atoms with van der Waals surface area (Å²) in [5.74, 6) is 0.500. The van der Waals surface area contributed by atoms with Gasteiger partial charge in [0, 0.05) is 43.8 Å². The van der Waals surface area contributed by atoms with Gasteiger partial charge in [0.25, 0.3) is 5.91 Å². The number of pyridine rings is 1. The molecule has 0 atom stereocenters. The van der Waals surface area contributed by atoms with Crippen molar-refractivity contribution in [2.24, 2.45) is 0 Å². The van der Waals surface area contributed by atoms with E-state index in [0.717, 1.165) is 23.6 Å². The number of aromatic nitrogens is 1. The van der Waals surface area contributed by atoms with Gasteiger partial charge in [-0.25, -0.2) is 8.42 Å². The number of hydrogen-bond donors (Lipinski definition) is 0. The fourth-order valence-electron chi connectivity index (χ4n) is 3.97. The topological polar surface area (TPSA) is 70.6 Å². The van der Waals surface area contributed by atoms with Gasteiger partial charge >= 0.3 is 0 Å². The van der Waals surface area contributed by atoms with Crippen molar-refractivity contribution in [1.29, 1.82) is 0 Å². The average molecular weight is 373 g/mol. The molecule has 2 aliphatic rings. The molecule has 1 aromatic carbocycles. The molecule has 1 aromatic heterocycles. The van der Waals surface area contributed by atoms with E-state index in [2.05, 4.69) is 9.88 Å². The maximum absolute atomic E-state index is 13.0. The smallest absolute Gasteiger partial charge is 0.273 e. The van der Waals surface area contributed by atoms with E-state index in [1.165, 1.54) is 0 Å². The molecule has 2 aliphatic heterocycles. The molecule has 2 fully saturated rings. The monoisotopic (exact) mass is 373 g/mol. The van der Waals surface area contributed by atoms with Crippen LogP contribution in [0, 0.1) is 0 Å². The highest BCUT2D eigenvalue weighted by Gasteiger charge is 2.31. The van der Waals surface area contributed by atoms with Gasteiger partial charge in [0.15, 0.2) is 9.84 Å². The largest absolute Gasteiger partial charge is 0.337 e. The Morgan fingerprint density at radius 2 is 1.69 bits per heavy atom. The number of carbonyl (C=O) groups excluding carboxylic acids is 1. The number of hydrogen-bond acceptors (Lipinski definition) is 5. The molecule has 0 N–H and O–H groups in total. The highest BCUT2D eigenvalue weighted by atomic mass is 32.2. The molecule has 2 saturated heterocycles. The Morgan fingerprint density at radius 3 is 2.42 bits per heavy atom. The Kier molecular flexibility index (Phi) is 4.67. The number of rotatable bonds is 2. The van der Waals surface area contributed by atoms with Gasteiger partial charge in [0.1, 0.15) is 5.69 Å². The number of carbonyl (C=O) groups is 1. The normalized spacial score (nSPS) is 21.8. The molecule has 0 saturated carbocycles. The second kappa shape index (κ2) is 6.96. The van der Waals surface area contributed by atoms with Crippen molar-refractivity contribution in [2.75, 3.05) is 37.7 Å². The van der Waals surface area contributed by atoms with Gasteiger partial charge < -0.3 is 4.90 Å². The summed E-state index contributed by atoms with van der Waals surface area (Å²) in [6, 6.07) is 10.1. The van der Waals surface area contributed by atoms with Crippen LogP contribution in [-0.2, 0) is 9.84 Å². The lowest BCUT2D eigenvalue weighted by molar-refractivity contribution is 0.0626. The number of sulfone groups is 1. The molecule has 26 heavy (non-hydrogen) atoms. The van der Waals surface area contributed by atoms with Crippen molar-refractivity contribution in [2.45, 2.75) is 18.9 Å². The van der Waals surface area contributed by atoms with Gasteiger partial charge in [-0.1, -0.05) is 24.3 Å². The van der Waals surface area contributed by atoms with Crippen LogP contribution in [-0.4, -0.2) is 72.8 Å². The quantitative estimate of drug-likeness (QED) is 0.799. The Balaban J connectivity index is 1.42. The first kappa shape index (κ1) is 17.4. The fraction of sp³-hybridized carbons (Fsp3) is 0.474. The number of benzene rings is 1. The van der Waals surface area contributed by atoms with Gasteiger partial charge in [0.05, 0.1) is 11.5 Å². The van der Waals surface area contributed by atoms with Gasteiger partial charge in [0.2, 0.25) is 0 Å².